The molecule has 3 saturated carbocycles. The first-order chi connectivity index (χ1) is 14.8. The maximum absolute atomic E-state index is 13.1. The molecule has 0 spiro atoms. The molecule has 0 aliphatic heterocycles. The van der Waals surface area contributed by atoms with Crippen LogP contribution in [-0.2, 0) is 0 Å². The van der Waals surface area contributed by atoms with Gasteiger partial charge in [0.1, 0.15) is 0 Å². The first-order valence-electron chi connectivity index (χ1n) is 12.3. The van der Waals surface area contributed by atoms with E-state index in [9.17, 15) is 9.59 Å². The number of Topliss-reactive ketones (excluding diaryl/α,β-unsaturated/α-hetero) is 2. The summed E-state index contributed by atoms with van der Waals surface area (Å²) in [4.78, 5) is 25.9. The molecule has 0 heterocycles. The summed E-state index contributed by atoms with van der Waals surface area (Å²) in [5.41, 5.74) is 2.65. The van der Waals surface area contributed by atoms with Crippen LogP contribution in [0.1, 0.15) is 74.1 Å². The topological polar surface area (TPSA) is 34.1 Å². The van der Waals surface area contributed by atoms with E-state index in [0.29, 0.717) is 34.5 Å². The average Bonchev–Trinajstić information content (AvgIpc) is 3.67. The summed E-state index contributed by atoms with van der Waals surface area (Å²) in [6.07, 6.45) is 7.07. The lowest BCUT2D eigenvalue weighted by Gasteiger charge is -2.46. The molecular weight excluding hydrogens is 380 g/mol. The maximum atomic E-state index is 13.1. The van der Waals surface area contributed by atoms with Crippen molar-refractivity contribution in [3.05, 3.63) is 59.2 Å². The van der Waals surface area contributed by atoms with Gasteiger partial charge in [0.2, 0.25) is 0 Å². The molecule has 0 amide bonds. The Morgan fingerprint density at radius 3 is 2.35 bits per heavy atom. The number of hydrogen-bond acceptors (Lipinski definition) is 2. The molecule has 0 aromatic heterocycles. The monoisotopic (exact) mass is 416 g/mol. The van der Waals surface area contributed by atoms with E-state index < -0.39 is 0 Å². The molecule has 3 fully saturated rings. The van der Waals surface area contributed by atoms with E-state index in [1.54, 1.807) is 6.07 Å². The number of carbonyl (C=O) groups excluding carboxylic acids is 2. The largest absolute Gasteiger partial charge is 0.289 e. The van der Waals surface area contributed by atoms with E-state index >= 15 is 0 Å². The molecule has 0 radical (unpaired) electrons. The number of ketones is 2. The van der Waals surface area contributed by atoms with Crippen molar-refractivity contribution < 1.29 is 9.59 Å². The fourth-order valence-corrected chi connectivity index (χ4v) is 7.16. The minimum Gasteiger partial charge on any atom is -0.289 e. The zero-order valence-electron chi connectivity index (χ0n) is 19.4. The van der Waals surface area contributed by atoms with Crippen LogP contribution in [0.4, 0.5) is 0 Å². The van der Waals surface area contributed by atoms with Crippen LogP contribution in [0, 0.1) is 53.3 Å². The highest BCUT2D eigenvalue weighted by atomic mass is 16.1. The zero-order chi connectivity index (χ0) is 22.0. The number of carbonyl (C=O) groups is 2. The standard InChI is InChI=1S/C29H36O2/c1-6-15(2)23-12-19(16(23)3)11-20-13-26(20)27-17(4)24(27)14-25-18(5)28(30)21-9-7-8-10-22(21)29(25)31/h6-10,15-17,19-20,23-24,26-27H,1,11-14H2,2-5H3/t15?,16?,17?,19-,20?,23?,24-,26?,27?/m1/s1. The lowest BCUT2D eigenvalue weighted by atomic mass is 9.59. The molecule has 4 aliphatic rings. The van der Waals surface area contributed by atoms with Gasteiger partial charge in [-0.2, -0.15) is 0 Å². The number of hydrogen-bond donors (Lipinski definition) is 0. The average molecular weight is 417 g/mol. The highest BCUT2D eigenvalue weighted by molar-refractivity contribution is 6.26. The van der Waals surface area contributed by atoms with Gasteiger partial charge >= 0.3 is 0 Å². The molecule has 4 aliphatic carbocycles. The van der Waals surface area contributed by atoms with Crippen LogP contribution >= 0.6 is 0 Å². The molecular formula is C29H36O2. The van der Waals surface area contributed by atoms with Crippen LogP contribution in [0.5, 0.6) is 0 Å². The van der Waals surface area contributed by atoms with Crippen molar-refractivity contribution in [2.45, 2.75) is 53.4 Å². The summed E-state index contributed by atoms with van der Waals surface area (Å²) >= 11 is 0. The van der Waals surface area contributed by atoms with E-state index in [4.69, 9.17) is 0 Å². The summed E-state index contributed by atoms with van der Waals surface area (Å²) in [7, 11) is 0. The lowest BCUT2D eigenvalue weighted by molar-refractivity contribution is 0.0467. The molecule has 9 atom stereocenters. The maximum Gasteiger partial charge on any atom is 0.190 e. The third-order valence-corrected chi connectivity index (χ3v) is 9.68. The quantitative estimate of drug-likeness (QED) is 0.459. The minimum atomic E-state index is 0.0432. The molecule has 2 nitrogen and oxygen atoms in total. The van der Waals surface area contributed by atoms with E-state index in [2.05, 4.69) is 33.4 Å². The van der Waals surface area contributed by atoms with E-state index in [0.717, 1.165) is 47.5 Å². The second-order valence-electron chi connectivity index (χ2n) is 11.1. The molecule has 31 heavy (non-hydrogen) atoms. The summed E-state index contributed by atoms with van der Waals surface area (Å²) in [5.74, 6) is 7.10. The van der Waals surface area contributed by atoms with E-state index in [1.165, 1.54) is 19.3 Å². The Hall–Kier alpha value is -1.96. The minimum absolute atomic E-state index is 0.0432. The number of fused-ring (bicyclic) bond motifs is 1. The predicted octanol–water partition coefficient (Wildman–Crippen LogP) is 6.77. The third-order valence-electron chi connectivity index (χ3n) is 9.68. The zero-order valence-corrected chi connectivity index (χ0v) is 19.4. The lowest BCUT2D eigenvalue weighted by Crippen LogP contribution is -2.38. The van der Waals surface area contributed by atoms with Crippen LogP contribution in [0.2, 0.25) is 0 Å². The summed E-state index contributed by atoms with van der Waals surface area (Å²) in [6, 6.07) is 7.31. The van der Waals surface area contributed by atoms with Gasteiger partial charge in [0.05, 0.1) is 0 Å². The van der Waals surface area contributed by atoms with Crippen molar-refractivity contribution in [1.82, 2.24) is 0 Å². The Morgan fingerprint density at radius 2 is 1.71 bits per heavy atom. The van der Waals surface area contributed by atoms with Gasteiger partial charge in [-0.1, -0.05) is 51.1 Å². The van der Waals surface area contributed by atoms with Gasteiger partial charge in [-0.3, -0.25) is 9.59 Å². The normalized spacial score (nSPS) is 39.6. The van der Waals surface area contributed by atoms with Crippen molar-refractivity contribution in [2.75, 3.05) is 0 Å². The molecule has 7 unspecified atom stereocenters. The van der Waals surface area contributed by atoms with Crippen LogP contribution < -0.4 is 0 Å². The molecule has 0 N–H and O–H groups in total. The first kappa shape index (κ1) is 20.9. The Morgan fingerprint density at radius 1 is 1.03 bits per heavy atom. The summed E-state index contributed by atoms with van der Waals surface area (Å²) in [6.45, 7) is 12.9. The highest BCUT2D eigenvalue weighted by Gasteiger charge is 2.59. The Labute approximate surface area is 187 Å². The Kier molecular flexibility index (Phi) is 5.11. The fourth-order valence-electron chi connectivity index (χ4n) is 7.16. The van der Waals surface area contributed by atoms with Crippen molar-refractivity contribution in [1.29, 1.82) is 0 Å². The smallest absolute Gasteiger partial charge is 0.190 e. The van der Waals surface area contributed by atoms with Crippen molar-refractivity contribution in [2.24, 2.45) is 53.3 Å². The molecule has 2 heteroatoms. The van der Waals surface area contributed by atoms with Gasteiger partial charge in [-0.25, -0.2) is 0 Å². The van der Waals surface area contributed by atoms with E-state index in [1.807, 2.05) is 25.1 Å². The number of rotatable bonds is 7. The van der Waals surface area contributed by atoms with Crippen LogP contribution in [0.15, 0.2) is 48.1 Å². The molecule has 0 saturated heterocycles. The predicted molar refractivity (Wildman–Crippen MR) is 125 cm³/mol. The number of allylic oxidation sites excluding steroid dienone is 3. The highest BCUT2D eigenvalue weighted by Crippen LogP contribution is 2.65. The molecule has 1 aromatic carbocycles. The Balaban J connectivity index is 1.19. The first-order valence-corrected chi connectivity index (χ1v) is 12.3. The molecule has 5 rings (SSSR count). The molecule has 164 valence electrons. The van der Waals surface area contributed by atoms with Crippen LogP contribution in [-0.4, -0.2) is 11.6 Å². The molecule has 1 aromatic rings. The SMILES string of the molecule is C=CC(C)C1C[C@@H](CC2CC2C2C(C)[C@H]2CC2=C(C)C(=O)c3ccccc3C2=O)C1C. The van der Waals surface area contributed by atoms with Gasteiger partial charge in [0.25, 0.3) is 0 Å². The Bertz CT molecular complexity index is 969. The van der Waals surface area contributed by atoms with Crippen molar-refractivity contribution in [3.8, 4) is 0 Å². The van der Waals surface area contributed by atoms with E-state index in [-0.39, 0.29) is 11.6 Å². The van der Waals surface area contributed by atoms with Gasteiger partial charge < -0.3 is 0 Å². The van der Waals surface area contributed by atoms with Crippen LogP contribution in [0.25, 0.3) is 0 Å². The van der Waals surface area contributed by atoms with Gasteiger partial charge in [0.15, 0.2) is 11.6 Å². The second-order valence-corrected chi connectivity index (χ2v) is 11.1. The fraction of sp³-hybridized carbons (Fsp3) is 0.586. The van der Waals surface area contributed by atoms with Gasteiger partial charge in [-0.15, -0.1) is 6.58 Å². The molecule has 0 bridgehead atoms. The van der Waals surface area contributed by atoms with Crippen LogP contribution in [0.3, 0.4) is 0 Å². The van der Waals surface area contributed by atoms with Crippen molar-refractivity contribution >= 4 is 11.6 Å². The number of benzene rings is 1. The van der Waals surface area contributed by atoms with Gasteiger partial charge in [0, 0.05) is 22.3 Å². The summed E-state index contributed by atoms with van der Waals surface area (Å²) in [5, 5.41) is 0. The third kappa shape index (κ3) is 3.38. The van der Waals surface area contributed by atoms with Gasteiger partial charge in [-0.05, 0) is 85.9 Å². The second kappa shape index (κ2) is 7.57. The van der Waals surface area contributed by atoms with Crippen molar-refractivity contribution in [3.63, 3.8) is 0 Å². The summed E-state index contributed by atoms with van der Waals surface area (Å²) < 4.78 is 0.